The highest BCUT2D eigenvalue weighted by Gasteiger charge is 2.21. The number of rotatable bonds is 9. The molecule has 0 fully saturated rings. The summed E-state index contributed by atoms with van der Waals surface area (Å²) in [5, 5.41) is 5.72. The van der Waals surface area contributed by atoms with Gasteiger partial charge in [-0.3, -0.25) is 9.52 Å². The molecule has 0 saturated heterocycles. The van der Waals surface area contributed by atoms with Crippen LogP contribution in [-0.2, 0) is 14.8 Å². The zero-order valence-electron chi connectivity index (χ0n) is 20.4. The second-order valence-electron chi connectivity index (χ2n) is 7.97. The number of hydrogen-bond donors (Lipinski definition) is 4. The van der Waals surface area contributed by atoms with Gasteiger partial charge in [0.2, 0.25) is 5.91 Å². The van der Waals surface area contributed by atoms with Gasteiger partial charge in [-0.15, -0.1) is 0 Å². The highest BCUT2D eigenvalue weighted by Crippen LogP contribution is 2.32. The molecule has 11 nitrogen and oxygen atoms in total. The van der Waals surface area contributed by atoms with Crippen LogP contribution >= 0.6 is 0 Å². The van der Waals surface area contributed by atoms with Crippen LogP contribution in [0.3, 0.4) is 0 Å². The van der Waals surface area contributed by atoms with Gasteiger partial charge >= 0.3 is 0 Å². The van der Waals surface area contributed by atoms with E-state index in [0.29, 0.717) is 39.5 Å². The number of aryl methyl sites for hydroxylation is 1. The van der Waals surface area contributed by atoms with Crippen LogP contribution in [0.1, 0.15) is 5.56 Å². The lowest BCUT2D eigenvalue weighted by Gasteiger charge is -2.16. The van der Waals surface area contributed by atoms with E-state index in [1.807, 2.05) is 6.07 Å². The molecule has 4 rings (SSSR count). The molecule has 0 spiro atoms. The Kier molecular flexibility index (Phi) is 7.41. The summed E-state index contributed by atoms with van der Waals surface area (Å²) in [6, 6.07) is 16.6. The number of hydrogen-bond acceptors (Lipinski definition) is 9. The Labute approximate surface area is 214 Å². The molecule has 4 aromatic rings. The zero-order chi connectivity index (χ0) is 26.6. The van der Waals surface area contributed by atoms with E-state index in [1.165, 1.54) is 26.4 Å². The van der Waals surface area contributed by atoms with Gasteiger partial charge in [0.15, 0.2) is 11.6 Å². The van der Waals surface area contributed by atoms with E-state index in [0.717, 1.165) is 0 Å². The fourth-order valence-electron chi connectivity index (χ4n) is 3.47. The van der Waals surface area contributed by atoms with Crippen LogP contribution in [0.5, 0.6) is 11.5 Å². The van der Waals surface area contributed by atoms with E-state index in [1.54, 1.807) is 49.4 Å². The van der Waals surface area contributed by atoms with Crippen LogP contribution in [0.25, 0.3) is 11.0 Å². The molecule has 0 aliphatic rings. The first-order valence-corrected chi connectivity index (χ1v) is 12.6. The summed E-state index contributed by atoms with van der Waals surface area (Å²) in [4.78, 5) is 20.8. The largest absolute Gasteiger partial charge is 0.497 e. The Morgan fingerprint density at radius 1 is 0.919 bits per heavy atom. The number of amides is 1. The minimum Gasteiger partial charge on any atom is -0.497 e. The van der Waals surface area contributed by atoms with Gasteiger partial charge in [0, 0.05) is 29.6 Å². The maximum atomic E-state index is 13.4. The van der Waals surface area contributed by atoms with Crippen molar-refractivity contribution in [3.63, 3.8) is 0 Å². The normalized spacial score (nSPS) is 11.1. The molecule has 0 aliphatic carbocycles. The Morgan fingerprint density at radius 3 is 2.14 bits per heavy atom. The van der Waals surface area contributed by atoms with Crippen molar-refractivity contribution in [2.75, 3.05) is 36.1 Å². The Morgan fingerprint density at radius 2 is 1.54 bits per heavy atom. The molecule has 0 atom stereocenters. The molecule has 0 bridgehead atoms. The number of nitrogens with one attached hydrogen (secondary N) is 3. The third-order valence-electron chi connectivity index (χ3n) is 5.39. The standard InChI is InChI=1S/C25H26N6O5S/c1-15-8-9-19(13-22(15)28-23(32)14-26)37(33,34)31-25-24(29-20-6-4-5-7-21(20)30-25)27-16-10-17(35-2)12-18(11-16)36-3/h4-13H,14,26H2,1-3H3,(H,27,29)(H,28,32)(H,30,31). The van der Waals surface area contributed by atoms with Crippen LogP contribution in [0, 0.1) is 6.92 Å². The van der Waals surface area contributed by atoms with Crippen LogP contribution in [0.15, 0.2) is 65.6 Å². The number of anilines is 4. The van der Waals surface area contributed by atoms with E-state index in [9.17, 15) is 13.2 Å². The van der Waals surface area contributed by atoms with Gasteiger partial charge in [-0.05, 0) is 36.8 Å². The van der Waals surface area contributed by atoms with E-state index in [4.69, 9.17) is 15.2 Å². The number of methoxy groups -OCH3 is 2. The van der Waals surface area contributed by atoms with Gasteiger partial charge < -0.3 is 25.8 Å². The minimum absolute atomic E-state index is 0.0198. The van der Waals surface area contributed by atoms with Gasteiger partial charge in [0.1, 0.15) is 11.5 Å². The van der Waals surface area contributed by atoms with Gasteiger partial charge in [0.25, 0.3) is 10.0 Å². The summed E-state index contributed by atoms with van der Waals surface area (Å²) in [6.07, 6.45) is 0. The quantitative estimate of drug-likeness (QED) is 0.258. The number of carbonyl (C=O) groups excluding carboxylic acids is 1. The first-order chi connectivity index (χ1) is 17.7. The number of benzene rings is 3. The Bertz CT molecular complexity index is 1550. The molecule has 0 aliphatic heterocycles. The lowest BCUT2D eigenvalue weighted by atomic mass is 10.2. The van der Waals surface area contributed by atoms with Crippen molar-refractivity contribution in [2.45, 2.75) is 11.8 Å². The van der Waals surface area contributed by atoms with E-state index < -0.39 is 15.9 Å². The maximum Gasteiger partial charge on any atom is 0.263 e. The van der Waals surface area contributed by atoms with Crippen LogP contribution in [0.2, 0.25) is 0 Å². The van der Waals surface area contributed by atoms with Gasteiger partial charge in [-0.2, -0.15) is 0 Å². The van der Waals surface area contributed by atoms with E-state index in [-0.39, 0.29) is 23.1 Å². The molecule has 3 aromatic carbocycles. The minimum atomic E-state index is -4.13. The number of nitrogens with two attached hydrogens (primary N) is 1. The molecule has 5 N–H and O–H groups in total. The molecule has 0 radical (unpaired) electrons. The van der Waals surface area contributed by atoms with Crippen molar-refractivity contribution in [2.24, 2.45) is 5.73 Å². The zero-order valence-corrected chi connectivity index (χ0v) is 21.2. The van der Waals surface area contributed by atoms with Crippen LogP contribution in [0.4, 0.5) is 23.0 Å². The summed E-state index contributed by atoms with van der Waals surface area (Å²) in [5.41, 5.74) is 8.00. The topological polar surface area (TPSA) is 158 Å². The SMILES string of the molecule is COc1cc(Nc2nc3ccccc3nc2NS(=O)(=O)c2ccc(C)c(NC(=O)CN)c2)cc(OC)c1. The summed E-state index contributed by atoms with van der Waals surface area (Å²) >= 11 is 0. The fraction of sp³-hybridized carbons (Fsp3) is 0.160. The fourth-order valence-corrected chi connectivity index (χ4v) is 4.50. The molecule has 1 aromatic heterocycles. The number of fused-ring (bicyclic) bond motifs is 1. The number of aromatic nitrogens is 2. The lowest BCUT2D eigenvalue weighted by molar-refractivity contribution is -0.114. The molecule has 12 heteroatoms. The average Bonchev–Trinajstić information content (AvgIpc) is 2.89. The molecular formula is C25H26N6O5S. The third-order valence-corrected chi connectivity index (χ3v) is 6.73. The molecule has 192 valence electrons. The number of sulfonamides is 1. The van der Waals surface area contributed by atoms with E-state index in [2.05, 4.69) is 25.3 Å². The lowest BCUT2D eigenvalue weighted by Crippen LogP contribution is -2.22. The molecule has 37 heavy (non-hydrogen) atoms. The summed E-state index contributed by atoms with van der Waals surface area (Å²) in [7, 11) is -1.07. The monoisotopic (exact) mass is 522 g/mol. The molecule has 0 saturated carbocycles. The van der Waals surface area contributed by atoms with Crippen LogP contribution in [-0.4, -0.2) is 45.1 Å². The number of nitrogens with zero attached hydrogens (tertiary/aromatic N) is 2. The van der Waals surface area contributed by atoms with Gasteiger partial charge in [0.05, 0.1) is 36.7 Å². The van der Waals surface area contributed by atoms with Crippen molar-refractivity contribution in [1.82, 2.24) is 9.97 Å². The summed E-state index contributed by atoms with van der Waals surface area (Å²) in [6.45, 7) is 1.51. The highest BCUT2D eigenvalue weighted by atomic mass is 32.2. The number of ether oxygens (including phenoxy) is 2. The first-order valence-electron chi connectivity index (χ1n) is 11.1. The first kappa shape index (κ1) is 25.7. The second kappa shape index (κ2) is 10.7. The van der Waals surface area contributed by atoms with Gasteiger partial charge in [-0.25, -0.2) is 18.4 Å². The van der Waals surface area contributed by atoms with Crippen molar-refractivity contribution in [1.29, 1.82) is 0 Å². The summed E-state index contributed by atoms with van der Waals surface area (Å²) in [5.74, 6) is 0.773. The molecule has 1 heterocycles. The van der Waals surface area contributed by atoms with Crippen molar-refractivity contribution < 1.29 is 22.7 Å². The predicted molar refractivity (Wildman–Crippen MR) is 142 cm³/mol. The Hall–Kier alpha value is -4.42. The second-order valence-corrected chi connectivity index (χ2v) is 9.65. The van der Waals surface area contributed by atoms with Crippen molar-refractivity contribution in [3.05, 3.63) is 66.2 Å². The Balaban J connectivity index is 1.75. The smallest absolute Gasteiger partial charge is 0.263 e. The summed E-state index contributed by atoms with van der Waals surface area (Å²) < 4.78 is 39.9. The predicted octanol–water partition coefficient (Wildman–Crippen LogP) is 3.40. The number of carbonyl (C=O) groups is 1. The maximum absolute atomic E-state index is 13.4. The van der Waals surface area contributed by atoms with E-state index >= 15 is 0 Å². The molecule has 1 amide bonds. The third kappa shape index (κ3) is 5.88. The number of para-hydroxylation sites is 2. The van der Waals surface area contributed by atoms with Crippen molar-refractivity contribution in [3.8, 4) is 11.5 Å². The average molecular weight is 523 g/mol. The molecular weight excluding hydrogens is 496 g/mol. The van der Waals surface area contributed by atoms with Crippen molar-refractivity contribution >= 4 is 50.0 Å². The highest BCUT2D eigenvalue weighted by molar-refractivity contribution is 7.92. The van der Waals surface area contributed by atoms with Gasteiger partial charge in [-0.1, -0.05) is 18.2 Å². The molecule has 0 unspecified atom stereocenters. The van der Waals surface area contributed by atoms with Crippen LogP contribution < -0.4 is 30.6 Å².